The summed E-state index contributed by atoms with van der Waals surface area (Å²) in [7, 11) is 0. The molecule has 0 spiro atoms. The molecule has 2 aliphatic rings. The minimum Gasteiger partial charge on any atom is -0.462 e. The van der Waals surface area contributed by atoms with Crippen molar-refractivity contribution in [2.24, 2.45) is 11.8 Å². The van der Waals surface area contributed by atoms with Gasteiger partial charge in [0.25, 0.3) is 0 Å². The fourth-order valence-electron chi connectivity index (χ4n) is 4.90. The van der Waals surface area contributed by atoms with Crippen LogP contribution >= 0.6 is 0 Å². The molecule has 4 rings (SSSR count). The topological polar surface area (TPSA) is 73.7 Å². The van der Waals surface area contributed by atoms with Gasteiger partial charge in [-0.05, 0) is 56.9 Å². The Morgan fingerprint density at radius 2 is 1.79 bits per heavy atom. The minimum absolute atomic E-state index is 0.0288. The van der Waals surface area contributed by atoms with E-state index >= 15 is 0 Å². The Kier molecular flexibility index (Phi) is 7.81. The normalized spacial score (nSPS) is 21.5. The van der Waals surface area contributed by atoms with Gasteiger partial charge in [-0.1, -0.05) is 37.3 Å². The van der Waals surface area contributed by atoms with Crippen molar-refractivity contribution < 1.29 is 19.1 Å². The number of hydrogen-bond acceptors (Lipinski definition) is 5. The molecule has 2 aromatic rings. The van der Waals surface area contributed by atoms with Crippen molar-refractivity contribution in [3.8, 4) is 0 Å². The van der Waals surface area contributed by atoms with Gasteiger partial charge in [0.1, 0.15) is 5.56 Å². The molecule has 1 aliphatic carbocycles. The summed E-state index contributed by atoms with van der Waals surface area (Å²) in [5.41, 5.74) is 1.43. The Morgan fingerprint density at radius 3 is 2.45 bits per heavy atom. The summed E-state index contributed by atoms with van der Waals surface area (Å²) in [6.07, 6.45) is 7.10. The van der Waals surface area contributed by atoms with E-state index in [2.05, 4.69) is 6.92 Å². The van der Waals surface area contributed by atoms with E-state index < -0.39 is 5.97 Å². The summed E-state index contributed by atoms with van der Waals surface area (Å²) in [6.45, 7) is 6.04. The van der Waals surface area contributed by atoms with Gasteiger partial charge in [0.15, 0.2) is 5.82 Å². The SMILES string of the molecule is CCOC(=O)c1cn(Cc2ccccc2)nc1N(C(=O)C1CCC(C)CC1)C1CCOCC1. The Bertz CT molecular complexity index is 928. The molecular weight excluding hydrogens is 418 g/mol. The van der Waals surface area contributed by atoms with E-state index in [1.165, 1.54) is 0 Å². The Hall–Kier alpha value is -2.67. The van der Waals surface area contributed by atoms with Gasteiger partial charge in [0.05, 0.1) is 13.2 Å². The molecule has 0 radical (unpaired) electrons. The fraction of sp³-hybridized carbons (Fsp3) is 0.577. The van der Waals surface area contributed by atoms with Crippen LogP contribution in [0.25, 0.3) is 0 Å². The van der Waals surface area contributed by atoms with Crippen LogP contribution in [0, 0.1) is 11.8 Å². The van der Waals surface area contributed by atoms with E-state index in [9.17, 15) is 9.59 Å². The number of nitrogens with zero attached hydrogens (tertiary/aromatic N) is 3. The number of carbonyl (C=O) groups excluding carboxylic acids is 2. The van der Waals surface area contributed by atoms with Crippen LogP contribution in [0.1, 0.15) is 68.3 Å². The number of ether oxygens (including phenoxy) is 2. The van der Waals surface area contributed by atoms with E-state index in [4.69, 9.17) is 14.6 Å². The first-order valence-electron chi connectivity index (χ1n) is 12.3. The maximum Gasteiger partial charge on any atom is 0.343 e. The highest BCUT2D eigenvalue weighted by Gasteiger charge is 2.37. The third-order valence-corrected chi connectivity index (χ3v) is 6.81. The van der Waals surface area contributed by atoms with Crippen molar-refractivity contribution >= 4 is 17.7 Å². The first kappa shape index (κ1) is 23.5. The highest BCUT2D eigenvalue weighted by molar-refractivity contribution is 6.02. The van der Waals surface area contributed by atoms with Crippen molar-refractivity contribution in [2.45, 2.75) is 65.0 Å². The lowest BCUT2D eigenvalue weighted by molar-refractivity contribution is -0.124. The summed E-state index contributed by atoms with van der Waals surface area (Å²) < 4.78 is 12.7. The number of amides is 1. The van der Waals surface area contributed by atoms with Crippen molar-refractivity contribution in [1.82, 2.24) is 9.78 Å². The van der Waals surface area contributed by atoms with Crippen molar-refractivity contribution in [3.05, 3.63) is 47.7 Å². The minimum atomic E-state index is -0.436. The summed E-state index contributed by atoms with van der Waals surface area (Å²) in [5.74, 6) is 0.710. The van der Waals surface area contributed by atoms with Gasteiger partial charge in [-0.15, -0.1) is 0 Å². The molecule has 0 N–H and O–H groups in total. The van der Waals surface area contributed by atoms with Crippen LogP contribution in [0.15, 0.2) is 36.5 Å². The van der Waals surface area contributed by atoms with E-state index in [0.29, 0.717) is 37.1 Å². The van der Waals surface area contributed by atoms with Crippen molar-refractivity contribution in [3.63, 3.8) is 0 Å². The second-order valence-corrected chi connectivity index (χ2v) is 9.28. The fourth-order valence-corrected chi connectivity index (χ4v) is 4.90. The van der Waals surface area contributed by atoms with Crippen LogP contribution in [0.4, 0.5) is 5.82 Å². The second kappa shape index (κ2) is 11.0. The molecule has 1 aromatic heterocycles. The number of hydrogen-bond donors (Lipinski definition) is 0. The third-order valence-electron chi connectivity index (χ3n) is 6.81. The molecule has 2 fully saturated rings. The monoisotopic (exact) mass is 453 g/mol. The van der Waals surface area contributed by atoms with E-state index in [1.54, 1.807) is 17.8 Å². The predicted molar refractivity (Wildman–Crippen MR) is 126 cm³/mol. The molecule has 7 heteroatoms. The van der Waals surface area contributed by atoms with Crippen LogP contribution < -0.4 is 4.90 Å². The summed E-state index contributed by atoms with van der Waals surface area (Å²) >= 11 is 0. The van der Waals surface area contributed by atoms with Crippen molar-refractivity contribution in [1.29, 1.82) is 0 Å². The molecule has 0 unspecified atom stereocenters. The van der Waals surface area contributed by atoms with Crippen LogP contribution in [0.5, 0.6) is 0 Å². The first-order valence-corrected chi connectivity index (χ1v) is 12.3. The van der Waals surface area contributed by atoms with E-state index in [0.717, 1.165) is 44.1 Å². The zero-order valence-corrected chi connectivity index (χ0v) is 19.7. The first-order chi connectivity index (χ1) is 16.1. The Morgan fingerprint density at radius 1 is 1.09 bits per heavy atom. The molecule has 0 atom stereocenters. The number of carbonyl (C=O) groups is 2. The third kappa shape index (κ3) is 5.64. The highest BCUT2D eigenvalue weighted by atomic mass is 16.5. The van der Waals surface area contributed by atoms with Crippen LogP contribution in [0.3, 0.4) is 0 Å². The quantitative estimate of drug-likeness (QED) is 0.579. The van der Waals surface area contributed by atoms with Gasteiger partial charge in [-0.3, -0.25) is 14.4 Å². The van der Waals surface area contributed by atoms with Crippen molar-refractivity contribution in [2.75, 3.05) is 24.7 Å². The Balaban J connectivity index is 1.70. The standard InChI is InChI=1S/C26H35N3O4/c1-3-33-26(31)23-18-28(17-20-7-5-4-6-8-20)27-24(23)29(22-13-15-32-16-14-22)25(30)21-11-9-19(2)10-12-21/h4-8,18-19,21-22H,3,9-17H2,1-2H3. The lowest BCUT2D eigenvalue weighted by Crippen LogP contribution is -2.47. The molecule has 178 valence electrons. The number of esters is 1. The smallest absolute Gasteiger partial charge is 0.343 e. The molecule has 1 aliphatic heterocycles. The molecule has 1 saturated heterocycles. The zero-order chi connectivity index (χ0) is 23.2. The zero-order valence-electron chi connectivity index (χ0n) is 19.7. The summed E-state index contributed by atoms with van der Waals surface area (Å²) in [4.78, 5) is 28.6. The highest BCUT2D eigenvalue weighted by Crippen LogP contribution is 2.34. The summed E-state index contributed by atoms with van der Waals surface area (Å²) in [5, 5.41) is 4.80. The lowest BCUT2D eigenvalue weighted by atomic mass is 9.82. The number of anilines is 1. The maximum absolute atomic E-state index is 13.9. The van der Waals surface area contributed by atoms with Gasteiger partial charge < -0.3 is 9.47 Å². The Labute approximate surface area is 196 Å². The molecule has 1 amide bonds. The average Bonchev–Trinajstić information content (AvgIpc) is 3.24. The van der Waals surface area contributed by atoms with Crippen LogP contribution in [-0.4, -0.2) is 47.5 Å². The van der Waals surface area contributed by atoms with Gasteiger partial charge in [-0.2, -0.15) is 5.10 Å². The molecule has 33 heavy (non-hydrogen) atoms. The molecule has 1 saturated carbocycles. The van der Waals surface area contributed by atoms with E-state index in [1.807, 2.05) is 35.2 Å². The van der Waals surface area contributed by atoms with Gasteiger partial charge in [-0.25, -0.2) is 4.79 Å². The van der Waals surface area contributed by atoms with Gasteiger partial charge >= 0.3 is 5.97 Å². The number of benzene rings is 1. The molecule has 1 aromatic carbocycles. The second-order valence-electron chi connectivity index (χ2n) is 9.28. The lowest BCUT2D eigenvalue weighted by Gasteiger charge is -2.37. The van der Waals surface area contributed by atoms with E-state index in [-0.39, 0.29) is 24.5 Å². The summed E-state index contributed by atoms with van der Waals surface area (Å²) in [6, 6.07) is 9.95. The molecule has 7 nitrogen and oxygen atoms in total. The number of rotatable bonds is 7. The number of aromatic nitrogens is 2. The molecule has 2 heterocycles. The molecular formula is C26H35N3O4. The van der Waals surface area contributed by atoms with Gasteiger partial charge in [0, 0.05) is 31.4 Å². The largest absolute Gasteiger partial charge is 0.462 e. The van der Waals surface area contributed by atoms with Gasteiger partial charge in [0.2, 0.25) is 5.91 Å². The van der Waals surface area contributed by atoms with Crippen LogP contribution in [0.2, 0.25) is 0 Å². The predicted octanol–water partition coefficient (Wildman–Crippen LogP) is 4.45. The maximum atomic E-state index is 13.9. The average molecular weight is 454 g/mol. The van der Waals surface area contributed by atoms with Crippen LogP contribution in [-0.2, 0) is 20.8 Å². The molecule has 0 bridgehead atoms.